The number of hydrogen-bond donors (Lipinski definition) is 1. The smallest absolute Gasteiger partial charge is 0.314 e. The molecule has 0 spiro atoms. The fraction of sp³-hybridized carbons (Fsp3) is 0.200. The molecular weight excluding hydrogens is 364 g/mol. The Balaban J connectivity index is 1.57. The molecule has 1 atom stereocenters. The summed E-state index contributed by atoms with van der Waals surface area (Å²) in [6.45, 7) is 2.08. The number of anilines is 1. The third kappa shape index (κ3) is 3.53. The topological polar surface area (TPSA) is 76.7 Å². The Hall–Kier alpha value is -3.42. The van der Waals surface area contributed by atoms with Crippen LogP contribution in [-0.2, 0) is 0 Å². The van der Waals surface area contributed by atoms with Gasteiger partial charge in [-0.05, 0) is 22.8 Å². The Morgan fingerprint density at radius 1 is 1.00 bits per heavy atom. The number of rotatable bonds is 6. The molecule has 4 aromatic rings. The second-order valence-electron chi connectivity index (χ2n) is 6.22. The van der Waals surface area contributed by atoms with Crippen LogP contribution < -0.4 is 5.32 Å². The minimum absolute atomic E-state index is 0.0193. The van der Waals surface area contributed by atoms with Crippen LogP contribution in [0.15, 0.2) is 59.3 Å². The lowest BCUT2D eigenvalue weighted by Crippen LogP contribution is -2.12. The molecule has 28 heavy (non-hydrogen) atoms. The number of nitrogens with zero attached hydrogens (tertiary/aromatic N) is 4. The van der Waals surface area contributed by atoms with Gasteiger partial charge in [0.15, 0.2) is 0 Å². The zero-order chi connectivity index (χ0) is 19.5. The minimum Gasteiger partial charge on any atom is -0.415 e. The van der Waals surface area contributed by atoms with Crippen LogP contribution in [0.3, 0.4) is 0 Å². The normalized spacial score (nSPS) is 12.4. The van der Waals surface area contributed by atoms with E-state index in [1.54, 1.807) is 0 Å². The van der Waals surface area contributed by atoms with E-state index in [0.29, 0.717) is 11.5 Å². The molecule has 8 heteroatoms. The molecule has 2 aromatic carbocycles. The molecule has 2 aromatic heterocycles. The average molecular weight is 381 g/mol. The summed E-state index contributed by atoms with van der Waals surface area (Å²) in [5.41, 5.74) is 1.54. The molecule has 4 rings (SSSR count). The van der Waals surface area contributed by atoms with Crippen molar-refractivity contribution in [2.45, 2.75) is 25.8 Å². The first-order chi connectivity index (χ1) is 13.7. The molecule has 0 aliphatic rings. The molecule has 6 nitrogen and oxygen atoms in total. The van der Waals surface area contributed by atoms with Crippen molar-refractivity contribution < 1.29 is 13.2 Å². The summed E-state index contributed by atoms with van der Waals surface area (Å²) < 4.78 is 30.1. The van der Waals surface area contributed by atoms with Crippen molar-refractivity contribution in [2.75, 3.05) is 5.32 Å². The van der Waals surface area contributed by atoms with Crippen LogP contribution in [0.25, 0.3) is 22.2 Å². The zero-order valence-corrected chi connectivity index (χ0v) is 15.0. The van der Waals surface area contributed by atoms with E-state index in [-0.39, 0.29) is 11.9 Å². The van der Waals surface area contributed by atoms with Gasteiger partial charge in [0.2, 0.25) is 5.95 Å². The fourth-order valence-electron chi connectivity index (χ4n) is 3.06. The second kappa shape index (κ2) is 7.67. The van der Waals surface area contributed by atoms with Crippen LogP contribution in [0.4, 0.5) is 14.7 Å². The van der Waals surface area contributed by atoms with Gasteiger partial charge in [0.25, 0.3) is 11.8 Å². The molecule has 0 aliphatic carbocycles. The monoisotopic (exact) mass is 381 g/mol. The van der Waals surface area contributed by atoms with Crippen LogP contribution in [0.5, 0.6) is 0 Å². The lowest BCUT2D eigenvalue weighted by Gasteiger charge is -2.19. The third-order valence-electron chi connectivity index (χ3n) is 4.44. The molecule has 1 unspecified atom stereocenters. The molecule has 0 saturated carbocycles. The third-order valence-corrected chi connectivity index (χ3v) is 4.44. The van der Waals surface area contributed by atoms with E-state index in [0.717, 1.165) is 12.0 Å². The highest BCUT2D eigenvalue weighted by Crippen LogP contribution is 2.29. The van der Waals surface area contributed by atoms with Gasteiger partial charge in [-0.25, -0.2) is 9.97 Å². The first kappa shape index (κ1) is 18.0. The van der Waals surface area contributed by atoms with Crippen molar-refractivity contribution in [1.82, 2.24) is 20.2 Å². The van der Waals surface area contributed by atoms with Crippen molar-refractivity contribution >= 4 is 16.7 Å². The Bertz CT molecular complexity index is 1080. The van der Waals surface area contributed by atoms with E-state index >= 15 is 0 Å². The average Bonchev–Trinajstić information content (AvgIpc) is 3.23. The van der Waals surface area contributed by atoms with E-state index in [9.17, 15) is 8.78 Å². The summed E-state index contributed by atoms with van der Waals surface area (Å²) in [5.74, 6) is -0.334. The molecule has 2 heterocycles. The van der Waals surface area contributed by atoms with Crippen LogP contribution in [0, 0.1) is 0 Å². The highest BCUT2D eigenvalue weighted by Gasteiger charge is 2.18. The summed E-state index contributed by atoms with van der Waals surface area (Å²) in [7, 11) is 0. The van der Waals surface area contributed by atoms with Gasteiger partial charge in [-0.3, -0.25) is 0 Å². The highest BCUT2D eigenvalue weighted by atomic mass is 19.3. The molecule has 0 saturated heterocycles. The summed E-state index contributed by atoms with van der Waals surface area (Å²) >= 11 is 0. The second-order valence-corrected chi connectivity index (χ2v) is 6.22. The van der Waals surface area contributed by atoms with Gasteiger partial charge in [-0.15, -0.1) is 10.2 Å². The van der Waals surface area contributed by atoms with Crippen LogP contribution in [0.2, 0.25) is 0 Å². The molecule has 0 fully saturated rings. The zero-order valence-electron chi connectivity index (χ0n) is 15.0. The number of halogens is 2. The summed E-state index contributed by atoms with van der Waals surface area (Å²) in [4.78, 5) is 8.53. The van der Waals surface area contributed by atoms with Gasteiger partial charge in [0, 0.05) is 12.4 Å². The van der Waals surface area contributed by atoms with Crippen LogP contribution in [-0.4, -0.2) is 20.2 Å². The van der Waals surface area contributed by atoms with E-state index in [2.05, 4.69) is 56.7 Å². The largest absolute Gasteiger partial charge is 0.415 e. The lowest BCUT2D eigenvalue weighted by molar-refractivity contribution is 0.116. The summed E-state index contributed by atoms with van der Waals surface area (Å²) in [5, 5.41) is 12.6. The minimum atomic E-state index is -2.81. The van der Waals surface area contributed by atoms with Crippen molar-refractivity contribution in [3.63, 3.8) is 0 Å². The molecule has 142 valence electrons. The Kier molecular flexibility index (Phi) is 4.92. The Morgan fingerprint density at radius 2 is 1.75 bits per heavy atom. The summed E-state index contributed by atoms with van der Waals surface area (Å²) in [6, 6.07) is 14.4. The number of nitrogens with one attached hydrogen (secondary N) is 1. The Morgan fingerprint density at radius 3 is 2.46 bits per heavy atom. The lowest BCUT2D eigenvalue weighted by atomic mass is 9.97. The van der Waals surface area contributed by atoms with E-state index in [1.165, 1.54) is 23.2 Å². The number of hydrogen-bond acceptors (Lipinski definition) is 6. The SMILES string of the molecule is CCC(Nc1ncc(-c2nnc(C(F)F)o2)cn1)c1cccc2ccccc12. The van der Waals surface area contributed by atoms with Crippen molar-refractivity contribution in [1.29, 1.82) is 0 Å². The van der Waals surface area contributed by atoms with Gasteiger partial charge in [0.1, 0.15) is 0 Å². The highest BCUT2D eigenvalue weighted by molar-refractivity contribution is 5.86. The van der Waals surface area contributed by atoms with Gasteiger partial charge >= 0.3 is 6.43 Å². The molecule has 1 N–H and O–H groups in total. The van der Waals surface area contributed by atoms with Crippen LogP contribution >= 0.6 is 0 Å². The number of fused-ring (bicyclic) bond motifs is 1. The maximum Gasteiger partial charge on any atom is 0.314 e. The first-order valence-corrected chi connectivity index (χ1v) is 8.84. The van der Waals surface area contributed by atoms with E-state index < -0.39 is 12.3 Å². The first-order valence-electron chi connectivity index (χ1n) is 8.84. The quantitative estimate of drug-likeness (QED) is 0.496. The van der Waals surface area contributed by atoms with Crippen LogP contribution in [0.1, 0.15) is 37.3 Å². The van der Waals surface area contributed by atoms with Gasteiger partial charge in [-0.1, -0.05) is 49.4 Å². The molecule has 0 amide bonds. The fourth-order valence-corrected chi connectivity index (χ4v) is 3.06. The molecular formula is C20H17F2N5O. The standard InChI is InChI=1S/C20H17F2N5O/c1-2-16(15-9-5-7-12-6-3-4-8-14(12)15)25-20-23-10-13(11-24-20)18-26-27-19(28-18)17(21)22/h3-11,16-17H,2H2,1H3,(H,23,24,25). The van der Waals surface area contributed by atoms with E-state index in [4.69, 9.17) is 4.42 Å². The number of aromatic nitrogens is 4. The predicted molar refractivity (Wildman–Crippen MR) is 101 cm³/mol. The van der Waals surface area contributed by atoms with Crippen molar-refractivity contribution in [3.05, 3.63) is 66.3 Å². The maximum atomic E-state index is 12.6. The predicted octanol–water partition coefficient (Wildman–Crippen LogP) is 5.18. The molecule has 0 radical (unpaired) electrons. The molecule has 0 bridgehead atoms. The summed E-state index contributed by atoms with van der Waals surface area (Å²) in [6.07, 6.45) is 0.955. The number of alkyl halides is 2. The van der Waals surface area contributed by atoms with Gasteiger partial charge in [0.05, 0.1) is 11.6 Å². The molecule has 0 aliphatic heterocycles. The van der Waals surface area contributed by atoms with Gasteiger partial charge < -0.3 is 9.73 Å². The van der Waals surface area contributed by atoms with Crippen molar-refractivity contribution in [2.24, 2.45) is 0 Å². The van der Waals surface area contributed by atoms with Gasteiger partial charge in [-0.2, -0.15) is 8.78 Å². The Labute approximate surface area is 159 Å². The maximum absolute atomic E-state index is 12.6. The van der Waals surface area contributed by atoms with E-state index in [1.807, 2.05) is 18.2 Å². The number of benzene rings is 2. The van der Waals surface area contributed by atoms with Crippen molar-refractivity contribution in [3.8, 4) is 11.5 Å².